The molecule has 0 aliphatic heterocycles. The minimum absolute atomic E-state index is 0.0255. The van der Waals surface area contributed by atoms with Gasteiger partial charge in [0.05, 0.1) is 25.4 Å². The monoisotopic (exact) mass is 1170 g/mol. The van der Waals surface area contributed by atoms with Crippen LogP contribution in [0.5, 0.6) is 0 Å². The van der Waals surface area contributed by atoms with Gasteiger partial charge < -0.3 is 20.3 Å². The van der Waals surface area contributed by atoms with Gasteiger partial charge in [0.1, 0.15) is 0 Å². The number of amides is 1. The Bertz CT molecular complexity index is 1300. The van der Waals surface area contributed by atoms with E-state index in [4.69, 9.17) is 4.74 Å². The van der Waals surface area contributed by atoms with Crippen molar-refractivity contribution in [3.63, 3.8) is 0 Å². The normalized spacial score (nSPS) is 12.6. The fourth-order valence-electron chi connectivity index (χ4n) is 12.2. The lowest BCUT2D eigenvalue weighted by molar-refractivity contribution is -0.143. The van der Waals surface area contributed by atoms with Gasteiger partial charge >= 0.3 is 5.97 Å². The van der Waals surface area contributed by atoms with E-state index in [2.05, 4.69) is 31.3 Å². The predicted octanol–water partition coefficient (Wildman–Crippen LogP) is 24.9. The number of carbonyl (C=O) groups excluding carboxylic acids is 2. The van der Waals surface area contributed by atoms with E-state index >= 15 is 0 Å². The zero-order valence-corrected chi connectivity index (χ0v) is 56.5. The van der Waals surface area contributed by atoms with Crippen LogP contribution in [0.1, 0.15) is 431 Å². The van der Waals surface area contributed by atoms with Gasteiger partial charge in [-0.3, -0.25) is 9.59 Å². The first-order valence-electron chi connectivity index (χ1n) is 38.1. The molecule has 83 heavy (non-hydrogen) atoms. The number of carbonyl (C=O) groups is 2. The minimum atomic E-state index is -0.840. The average molecular weight is 1170 g/mol. The average Bonchev–Trinajstić information content (AvgIpc) is 3.49. The van der Waals surface area contributed by atoms with Crippen molar-refractivity contribution in [1.29, 1.82) is 0 Å². The summed E-state index contributed by atoms with van der Waals surface area (Å²) in [5.74, 6) is -0.0366. The van der Waals surface area contributed by atoms with Crippen molar-refractivity contribution in [2.24, 2.45) is 0 Å². The number of unbranched alkanes of at least 4 members (excludes halogenated alkanes) is 59. The van der Waals surface area contributed by atoms with E-state index < -0.39 is 12.1 Å². The van der Waals surface area contributed by atoms with Crippen LogP contribution in [-0.2, 0) is 14.3 Å². The molecule has 0 aromatic carbocycles. The molecule has 0 aliphatic carbocycles. The van der Waals surface area contributed by atoms with Crippen molar-refractivity contribution < 1.29 is 24.5 Å². The molecule has 0 fully saturated rings. The second kappa shape index (κ2) is 72.8. The summed E-state index contributed by atoms with van der Waals surface area (Å²) in [6.45, 7) is 4.94. The number of aliphatic hydroxyl groups excluding tert-OH is 2. The summed E-state index contributed by atoms with van der Waals surface area (Å²) >= 11 is 0. The summed E-state index contributed by atoms with van der Waals surface area (Å²) in [5, 5.41) is 23.1. The molecule has 0 radical (unpaired) electrons. The van der Waals surface area contributed by atoms with Crippen molar-refractivity contribution in [3.8, 4) is 0 Å². The van der Waals surface area contributed by atoms with Crippen LogP contribution < -0.4 is 5.32 Å². The van der Waals surface area contributed by atoms with Crippen LogP contribution in [0, 0.1) is 0 Å². The lowest BCUT2D eigenvalue weighted by atomic mass is 10.0. The lowest BCUT2D eigenvalue weighted by Crippen LogP contribution is -2.45. The number of hydrogen-bond donors (Lipinski definition) is 3. The van der Waals surface area contributed by atoms with E-state index in [0.717, 1.165) is 38.5 Å². The molecule has 0 spiro atoms. The highest BCUT2D eigenvalue weighted by Gasteiger charge is 2.18. The van der Waals surface area contributed by atoms with E-state index in [-0.39, 0.29) is 18.5 Å². The van der Waals surface area contributed by atoms with Crippen LogP contribution in [0.15, 0.2) is 24.3 Å². The molecule has 0 aromatic heterocycles. The Hall–Kier alpha value is -1.66. The summed E-state index contributed by atoms with van der Waals surface area (Å²) in [6.07, 6.45) is 93.0. The van der Waals surface area contributed by atoms with Gasteiger partial charge in [-0.15, -0.1) is 0 Å². The minimum Gasteiger partial charge on any atom is -0.466 e. The van der Waals surface area contributed by atoms with Crippen LogP contribution in [0.2, 0.25) is 0 Å². The molecule has 0 heterocycles. The highest BCUT2D eigenvalue weighted by Crippen LogP contribution is 2.19. The number of nitrogens with one attached hydrogen (secondary N) is 1. The van der Waals surface area contributed by atoms with Gasteiger partial charge in [-0.2, -0.15) is 0 Å². The molecule has 2 atom stereocenters. The first-order chi connectivity index (χ1) is 41.0. The third-order valence-electron chi connectivity index (χ3n) is 18.0. The Morgan fingerprint density at radius 3 is 0.855 bits per heavy atom. The van der Waals surface area contributed by atoms with Gasteiger partial charge in [0, 0.05) is 12.8 Å². The third-order valence-corrected chi connectivity index (χ3v) is 18.0. The van der Waals surface area contributed by atoms with Crippen LogP contribution in [0.25, 0.3) is 0 Å². The molecule has 6 heteroatoms. The van der Waals surface area contributed by atoms with Crippen LogP contribution >= 0.6 is 0 Å². The summed E-state index contributed by atoms with van der Waals surface area (Å²) < 4.78 is 5.51. The van der Waals surface area contributed by atoms with Crippen molar-refractivity contribution in [2.75, 3.05) is 13.2 Å². The van der Waals surface area contributed by atoms with Crippen molar-refractivity contribution in [2.45, 2.75) is 443 Å². The highest BCUT2D eigenvalue weighted by molar-refractivity contribution is 5.76. The summed E-state index contributed by atoms with van der Waals surface area (Å²) in [5.41, 5.74) is 0. The van der Waals surface area contributed by atoms with E-state index in [1.807, 2.05) is 6.08 Å². The van der Waals surface area contributed by atoms with Gasteiger partial charge in [0.2, 0.25) is 5.91 Å². The largest absolute Gasteiger partial charge is 0.466 e. The van der Waals surface area contributed by atoms with Crippen LogP contribution in [-0.4, -0.2) is 47.4 Å². The molecule has 0 saturated heterocycles. The number of esters is 1. The summed E-state index contributed by atoms with van der Waals surface area (Å²) in [4.78, 5) is 24.6. The lowest BCUT2D eigenvalue weighted by Gasteiger charge is -2.20. The fourth-order valence-corrected chi connectivity index (χ4v) is 12.2. The van der Waals surface area contributed by atoms with Gasteiger partial charge in [-0.1, -0.05) is 385 Å². The molecule has 492 valence electrons. The maximum atomic E-state index is 12.5. The van der Waals surface area contributed by atoms with E-state index in [1.165, 1.54) is 366 Å². The summed E-state index contributed by atoms with van der Waals surface area (Å²) in [7, 11) is 0. The standard InChI is InChI=1S/C77H149NO5/c1-3-5-7-9-11-13-15-17-18-43-47-51-55-59-63-67-71-77(82)83-72-68-64-60-56-52-48-44-41-39-37-35-33-31-29-27-25-23-21-19-20-22-24-26-28-30-32-34-36-38-40-42-46-50-54-58-62-66-70-76(81)78-74(73-79)75(80)69-65-61-57-53-49-45-16-14-12-10-8-6-4-2/h19,21,65,69,74-75,79-80H,3-18,20,22-64,66-68,70-73H2,1-2H3,(H,78,81)/b21-19-,69-65+. The van der Waals surface area contributed by atoms with Gasteiger partial charge in [0.15, 0.2) is 0 Å². The van der Waals surface area contributed by atoms with Gasteiger partial charge in [0.25, 0.3) is 0 Å². The molecule has 6 nitrogen and oxygen atoms in total. The Balaban J connectivity index is 3.32. The van der Waals surface area contributed by atoms with Crippen molar-refractivity contribution in [1.82, 2.24) is 5.32 Å². The zero-order valence-electron chi connectivity index (χ0n) is 56.5. The Morgan fingerprint density at radius 2 is 0.566 bits per heavy atom. The molecule has 0 aromatic rings. The Labute approximate surface area is 520 Å². The molecule has 0 rings (SSSR count). The Morgan fingerprint density at radius 1 is 0.325 bits per heavy atom. The number of hydrogen-bond acceptors (Lipinski definition) is 5. The quantitative estimate of drug-likeness (QED) is 0.0320. The number of aliphatic hydroxyl groups is 2. The molecule has 0 aliphatic rings. The second-order valence-electron chi connectivity index (χ2n) is 26.3. The second-order valence-corrected chi connectivity index (χ2v) is 26.3. The summed E-state index contributed by atoms with van der Waals surface area (Å²) in [6, 6.07) is -0.624. The smallest absolute Gasteiger partial charge is 0.305 e. The topological polar surface area (TPSA) is 95.9 Å². The third kappa shape index (κ3) is 69.3. The van der Waals surface area contributed by atoms with Gasteiger partial charge in [-0.05, 0) is 57.8 Å². The van der Waals surface area contributed by atoms with Crippen molar-refractivity contribution in [3.05, 3.63) is 24.3 Å². The first-order valence-corrected chi connectivity index (χ1v) is 38.1. The molecule has 0 bridgehead atoms. The van der Waals surface area contributed by atoms with Crippen LogP contribution in [0.3, 0.4) is 0 Å². The zero-order chi connectivity index (χ0) is 59.9. The fraction of sp³-hybridized carbons (Fsp3) is 0.922. The molecular weight excluding hydrogens is 1020 g/mol. The molecule has 1 amide bonds. The van der Waals surface area contributed by atoms with Crippen molar-refractivity contribution >= 4 is 11.9 Å². The number of allylic oxidation sites excluding steroid dienone is 3. The molecule has 3 N–H and O–H groups in total. The molecule has 0 saturated carbocycles. The molecule has 2 unspecified atom stereocenters. The van der Waals surface area contributed by atoms with E-state index in [9.17, 15) is 19.8 Å². The maximum Gasteiger partial charge on any atom is 0.305 e. The number of ether oxygens (including phenoxy) is 1. The maximum absolute atomic E-state index is 12.5. The highest BCUT2D eigenvalue weighted by atomic mass is 16.5. The van der Waals surface area contributed by atoms with Crippen LogP contribution in [0.4, 0.5) is 0 Å². The Kier molecular flexibility index (Phi) is 71.4. The molecular formula is C77H149NO5. The predicted molar refractivity (Wildman–Crippen MR) is 366 cm³/mol. The first kappa shape index (κ1) is 81.3. The van der Waals surface area contributed by atoms with E-state index in [1.54, 1.807) is 6.08 Å². The van der Waals surface area contributed by atoms with E-state index in [0.29, 0.717) is 19.4 Å². The number of rotatable bonds is 72. The SMILES string of the molecule is CCCCCCCCCCCCC/C=C/C(O)C(CO)NC(=O)CCCCCCCCCCCCCCCCCCC/C=C\CCCCCCCCCCCCCCCCCCOC(=O)CCCCCCCCCCCCCCCCCC. The van der Waals surface area contributed by atoms with Gasteiger partial charge in [-0.25, -0.2) is 0 Å².